The summed E-state index contributed by atoms with van der Waals surface area (Å²) in [5.74, 6) is 2.65. The van der Waals surface area contributed by atoms with Crippen LogP contribution in [-0.2, 0) is 13.1 Å². The van der Waals surface area contributed by atoms with Crippen LogP contribution >= 0.6 is 11.3 Å². The molecule has 0 amide bonds. The predicted octanol–water partition coefficient (Wildman–Crippen LogP) is 6.45. The molecule has 2 aliphatic rings. The molecule has 0 fully saturated rings. The van der Waals surface area contributed by atoms with Gasteiger partial charge in [0.15, 0.2) is 28.7 Å². The Kier molecular flexibility index (Phi) is 6.74. The fourth-order valence-electron chi connectivity index (χ4n) is 5.55. The summed E-state index contributed by atoms with van der Waals surface area (Å²) in [6.07, 6.45) is 11.9. The lowest BCUT2D eigenvalue weighted by Gasteiger charge is -2.20. The molecule has 1 aromatic carbocycles. The van der Waals surface area contributed by atoms with E-state index in [0.717, 1.165) is 79.1 Å². The Morgan fingerprint density at radius 3 is 2.95 bits per heavy atom. The number of imidazole rings is 1. The van der Waals surface area contributed by atoms with Crippen molar-refractivity contribution >= 4 is 28.6 Å². The van der Waals surface area contributed by atoms with Crippen LogP contribution in [0.1, 0.15) is 44.2 Å². The van der Waals surface area contributed by atoms with Crippen molar-refractivity contribution < 1.29 is 14.2 Å². The highest BCUT2D eigenvalue weighted by atomic mass is 32.1. The normalized spacial score (nSPS) is 17.1. The summed E-state index contributed by atoms with van der Waals surface area (Å²) in [6, 6.07) is 12.6. The maximum atomic E-state index is 12.8. The molecule has 1 aliphatic carbocycles. The second kappa shape index (κ2) is 10.5. The van der Waals surface area contributed by atoms with Gasteiger partial charge in [-0.3, -0.25) is 0 Å². The molecule has 1 aliphatic heterocycles. The number of benzene rings is 1. The highest BCUT2D eigenvalue weighted by Gasteiger charge is 2.31. The van der Waals surface area contributed by atoms with E-state index in [-0.39, 0.29) is 5.92 Å². The van der Waals surface area contributed by atoms with Gasteiger partial charge < -0.3 is 23.8 Å². The third-order valence-electron chi connectivity index (χ3n) is 7.36. The minimum absolute atomic E-state index is 0.243. The van der Waals surface area contributed by atoms with Crippen LogP contribution in [-0.4, -0.2) is 38.8 Å². The number of ether oxygens (including phenoxy) is 2. The van der Waals surface area contributed by atoms with Gasteiger partial charge in [-0.15, -0.1) is 11.3 Å². The molecule has 8 heteroatoms. The van der Waals surface area contributed by atoms with Gasteiger partial charge in [-0.2, -0.15) is 4.74 Å². The zero-order chi connectivity index (χ0) is 25.2. The Bertz CT molecular complexity index is 1450. The summed E-state index contributed by atoms with van der Waals surface area (Å²) < 4.78 is 17.3. The van der Waals surface area contributed by atoms with E-state index in [9.17, 15) is 5.21 Å². The van der Waals surface area contributed by atoms with Gasteiger partial charge in [-0.1, -0.05) is 18.2 Å². The van der Waals surface area contributed by atoms with Gasteiger partial charge in [0.05, 0.1) is 41.7 Å². The number of allylic oxidation sites excluding steroid dienone is 2. The number of hydrogen-bond donors (Lipinski definition) is 0. The molecule has 4 aromatic rings. The molecule has 0 unspecified atom stereocenters. The molecule has 7 nitrogen and oxygen atoms in total. The lowest BCUT2D eigenvalue weighted by atomic mass is 9.92. The number of aromatic nitrogens is 3. The minimum Gasteiger partial charge on any atom is -0.618 e. The van der Waals surface area contributed by atoms with E-state index < -0.39 is 0 Å². The number of para-hydroxylation sites is 2. The highest BCUT2D eigenvalue weighted by molar-refractivity contribution is 7.13. The van der Waals surface area contributed by atoms with Crippen molar-refractivity contribution in [1.82, 2.24) is 14.1 Å². The lowest BCUT2D eigenvalue weighted by molar-refractivity contribution is -0.406. The Morgan fingerprint density at radius 2 is 2.08 bits per heavy atom. The van der Waals surface area contributed by atoms with Crippen molar-refractivity contribution in [3.05, 3.63) is 70.6 Å². The van der Waals surface area contributed by atoms with Crippen molar-refractivity contribution in [3.63, 3.8) is 0 Å². The number of rotatable bonds is 9. The molecule has 0 N–H and O–H groups in total. The van der Waals surface area contributed by atoms with E-state index in [1.165, 1.54) is 10.4 Å². The fraction of sp³-hybridized carbons (Fsp3) is 0.379. The molecular formula is C29H32N4O3S. The second-order valence-electron chi connectivity index (χ2n) is 9.74. The fourth-order valence-corrected chi connectivity index (χ4v) is 6.27. The Labute approximate surface area is 220 Å². The van der Waals surface area contributed by atoms with Crippen LogP contribution in [0.3, 0.4) is 0 Å². The van der Waals surface area contributed by atoms with Crippen molar-refractivity contribution in [3.8, 4) is 22.2 Å². The lowest BCUT2D eigenvalue weighted by Crippen LogP contribution is -2.18. The van der Waals surface area contributed by atoms with E-state index in [1.54, 1.807) is 24.7 Å². The summed E-state index contributed by atoms with van der Waals surface area (Å²) in [5, 5.41) is 14.9. The first-order chi connectivity index (χ1) is 18.2. The van der Waals surface area contributed by atoms with Crippen molar-refractivity contribution in [2.24, 2.45) is 5.92 Å². The maximum Gasteiger partial charge on any atom is 0.208 e. The molecule has 6 rings (SSSR count). The molecule has 0 spiro atoms. The summed E-state index contributed by atoms with van der Waals surface area (Å²) in [7, 11) is 1.64. The largest absolute Gasteiger partial charge is 0.618 e. The molecule has 192 valence electrons. The van der Waals surface area contributed by atoms with Crippen LogP contribution in [0.25, 0.3) is 21.7 Å². The van der Waals surface area contributed by atoms with Gasteiger partial charge in [0.25, 0.3) is 0 Å². The van der Waals surface area contributed by atoms with E-state index in [2.05, 4.69) is 50.9 Å². The third kappa shape index (κ3) is 4.66. The quantitative estimate of drug-likeness (QED) is 0.146. The van der Waals surface area contributed by atoms with Crippen molar-refractivity contribution in [2.45, 2.75) is 51.6 Å². The number of hydroxylamine groups is 1. The van der Waals surface area contributed by atoms with E-state index >= 15 is 0 Å². The van der Waals surface area contributed by atoms with E-state index in [4.69, 9.17) is 14.5 Å². The SMILES string of the molecule is COc1c(OCCCCCn2c(-c3cccs3)nc3ccccc32)cn2c1C=[N+]([O-])C1=CCCC[C@H]1C2. The zero-order valence-electron chi connectivity index (χ0n) is 21.1. The molecule has 4 heterocycles. The van der Waals surface area contributed by atoms with Gasteiger partial charge in [0.2, 0.25) is 6.21 Å². The summed E-state index contributed by atoms with van der Waals surface area (Å²) in [4.78, 5) is 6.10. The average Bonchev–Trinajstić information content (AvgIpc) is 3.63. The van der Waals surface area contributed by atoms with Crippen LogP contribution in [0.15, 0.2) is 59.7 Å². The topological polar surface area (TPSA) is 67.3 Å². The predicted molar refractivity (Wildman–Crippen MR) is 148 cm³/mol. The summed E-state index contributed by atoms with van der Waals surface area (Å²) >= 11 is 1.73. The monoisotopic (exact) mass is 516 g/mol. The van der Waals surface area contributed by atoms with Gasteiger partial charge in [0, 0.05) is 13.1 Å². The van der Waals surface area contributed by atoms with Crippen LogP contribution in [0, 0.1) is 11.1 Å². The van der Waals surface area contributed by atoms with Crippen LogP contribution < -0.4 is 9.47 Å². The number of aryl methyl sites for hydroxylation is 1. The first-order valence-corrected chi connectivity index (χ1v) is 14.0. The number of nitrogens with zero attached hydrogens (tertiary/aromatic N) is 4. The first-order valence-electron chi connectivity index (χ1n) is 13.1. The van der Waals surface area contributed by atoms with Gasteiger partial charge >= 0.3 is 0 Å². The number of unbranched alkanes of at least 4 members (excludes halogenated alkanes) is 2. The molecule has 0 saturated heterocycles. The van der Waals surface area contributed by atoms with Crippen LogP contribution in [0.5, 0.6) is 11.5 Å². The van der Waals surface area contributed by atoms with Gasteiger partial charge in [-0.05, 0) is 68.2 Å². The number of hydrogen-bond acceptors (Lipinski definition) is 5. The average molecular weight is 517 g/mol. The van der Waals surface area contributed by atoms with Gasteiger partial charge in [-0.25, -0.2) is 4.98 Å². The molecule has 0 saturated carbocycles. The molecule has 0 radical (unpaired) electrons. The minimum atomic E-state index is 0.243. The van der Waals surface area contributed by atoms with E-state index in [1.807, 2.05) is 12.3 Å². The summed E-state index contributed by atoms with van der Waals surface area (Å²) in [5.41, 5.74) is 3.89. The molecule has 0 bridgehead atoms. The molecule has 3 aromatic heterocycles. The van der Waals surface area contributed by atoms with Gasteiger partial charge in [0.1, 0.15) is 0 Å². The Balaban J connectivity index is 1.09. The molecular weight excluding hydrogens is 484 g/mol. The number of fused-ring (bicyclic) bond motifs is 3. The summed E-state index contributed by atoms with van der Waals surface area (Å²) in [6.45, 7) is 2.31. The Hall–Kier alpha value is -3.52. The smallest absolute Gasteiger partial charge is 0.208 e. The van der Waals surface area contributed by atoms with E-state index in [0.29, 0.717) is 18.1 Å². The highest BCUT2D eigenvalue weighted by Crippen LogP contribution is 2.37. The molecule has 37 heavy (non-hydrogen) atoms. The standard InChI is InChI=1S/C29H32N4O3S/c1-35-28-25-19-33(34)23-12-5-3-10-21(23)18-31(25)20-26(28)36-16-8-2-7-15-32-24-13-6-4-11-22(24)30-29(32)27-14-9-17-37-27/h4,6,9,11-14,17,19-21H,2-3,5,7-8,10,15-16,18H2,1H3/t21-/m0/s1. The molecule has 1 atom stereocenters. The maximum absolute atomic E-state index is 12.8. The Morgan fingerprint density at radius 1 is 1.16 bits per heavy atom. The number of thiophene rings is 1. The first kappa shape index (κ1) is 23.9. The van der Waals surface area contributed by atoms with Crippen LogP contribution in [0.2, 0.25) is 0 Å². The van der Waals surface area contributed by atoms with Crippen LogP contribution in [0.4, 0.5) is 0 Å². The van der Waals surface area contributed by atoms with Crippen molar-refractivity contribution in [2.75, 3.05) is 13.7 Å². The third-order valence-corrected chi connectivity index (χ3v) is 8.23. The zero-order valence-corrected chi connectivity index (χ0v) is 22.0. The van der Waals surface area contributed by atoms with Crippen molar-refractivity contribution in [1.29, 1.82) is 0 Å². The second-order valence-corrected chi connectivity index (χ2v) is 10.7. The number of methoxy groups -OCH3 is 1.